The first-order valence-electron chi connectivity index (χ1n) is 10.7. The van der Waals surface area contributed by atoms with Crippen LogP contribution in [0.4, 0.5) is 0 Å². The van der Waals surface area contributed by atoms with Gasteiger partial charge in [-0.2, -0.15) is 10.4 Å². The van der Waals surface area contributed by atoms with Crippen LogP contribution in [-0.2, 0) is 11.4 Å². The van der Waals surface area contributed by atoms with Crippen molar-refractivity contribution in [3.8, 4) is 17.6 Å². The maximum Gasteiger partial charge on any atom is 0.250 e. The zero-order chi connectivity index (χ0) is 25.2. The van der Waals surface area contributed by atoms with E-state index in [1.165, 1.54) is 18.0 Å². The summed E-state index contributed by atoms with van der Waals surface area (Å²) in [4.78, 5) is 20.8. The number of rotatable bonds is 10. The summed E-state index contributed by atoms with van der Waals surface area (Å²) >= 11 is 4.77. The first-order chi connectivity index (χ1) is 16.9. The number of nitriles is 1. The van der Waals surface area contributed by atoms with Gasteiger partial charge in [0, 0.05) is 17.0 Å². The molecule has 1 amide bonds. The van der Waals surface area contributed by atoms with Crippen LogP contribution in [-0.4, -0.2) is 34.4 Å². The molecular weight excluding hydrogens is 530 g/mol. The van der Waals surface area contributed by atoms with Gasteiger partial charge in [0.05, 0.1) is 34.7 Å². The molecular formula is C25H24BrN5O3S. The summed E-state index contributed by atoms with van der Waals surface area (Å²) in [5, 5.41) is 13.9. The molecule has 1 aromatic heterocycles. The Kier molecular flexibility index (Phi) is 9.64. The van der Waals surface area contributed by atoms with Crippen LogP contribution in [0.1, 0.15) is 35.0 Å². The van der Waals surface area contributed by atoms with E-state index >= 15 is 0 Å². The third-order valence-corrected chi connectivity index (χ3v) is 5.97. The lowest BCUT2D eigenvalue weighted by atomic mass is 10.1. The molecule has 2 aromatic carbocycles. The predicted molar refractivity (Wildman–Crippen MR) is 139 cm³/mol. The van der Waals surface area contributed by atoms with E-state index in [-0.39, 0.29) is 18.3 Å². The standard InChI is InChI=1S/C25H24BrN5O3S/c1-4-33-22-11-18(10-21(26)24(22)34-14-20-8-6-5-7-19(20)12-27)13-28-31-23(32)15-35-25-29-16(2)9-17(3)30-25/h5-11,13H,4,14-15H2,1-3H3,(H,31,32)/b28-13-. The third kappa shape index (κ3) is 7.80. The molecule has 0 aliphatic carbocycles. The first kappa shape index (κ1) is 26.2. The number of hydrogen-bond donors (Lipinski definition) is 1. The number of carbonyl (C=O) groups is 1. The Bertz CT molecular complexity index is 1260. The van der Waals surface area contributed by atoms with Crippen LogP contribution in [0.2, 0.25) is 0 Å². The average molecular weight is 554 g/mol. The molecule has 0 aliphatic heterocycles. The molecule has 35 heavy (non-hydrogen) atoms. The molecule has 8 nitrogen and oxygen atoms in total. The van der Waals surface area contributed by atoms with Crippen LogP contribution < -0.4 is 14.9 Å². The highest BCUT2D eigenvalue weighted by Crippen LogP contribution is 2.37. The minimum absolute atomic E-state index is 0.144. The summed E-state index contributed by atoms with van der Waals surface area (Å²) < 4.78 is 12.4. The Balaban J connectivity index is 1.64. The minimum atomic E-state index is -0.269. The molecule has 0 aliphatic rings. The predicted octanol–water partition coefficient (Wildman–Crippen LogP) is 4.95. The monoisotopic (exact) mass is 553 g/mol. The number of aryl methyl sites for hydroxylation is 2. The van der Waals surface area contributed by atoms with Gasteiger partial charge in [-0.25, -0.2) is 15.4 Å². The summed E-state index contributed by atoms with van der Waals surface area (Å²) in [7, 11) is 0. The third-order valence-electron chi connectivity index (χ3n) is 4.54. The Morgan fingerprint density at radius 2 is 1.94 bits per heavy atom. The van der Waals surface area contributed by atoms with E-state index in [4.69, 9.17) is 9.47 Å². The van der Waals surface area contributed by atoms with Gasteiger partial charge < -0.3 is 9.47 Å². The van der Waals surface area contributed by atoms with Crippen molar-refractivity contribution in [2.24, 2.45) is 5.10 Å². The molecule has 3 rings (SSSR count). The Morgan fingerprint density at radius 1 is 1.20 bits per heavy atom. The number of halogens is 1. The second-order valence-corrected chi connectivity index (χ2v) is 9.13. The van der Waals surface area contributed by atoms with Gasteiger partial charge in [-0.05, 0) is 66.5 Å². The smallest absolute Gasteiger partial charge is 0.250 e. The van der Waals surface area contributed by atoms with Crippen LogP contribution in [0.25, 0.3) is 0 Å². The van der Waals surface area contributed by atoms with E-state index in [1.807, 2.05) is 51.1 Å². The molecule has 3 aromatic rings. The van der Waals surface area contributed by atoms with Crippen LogP contribution >= 0.6 is 27.7 Å². The number of thioether (sulfide) groups is 1. The average Bonchev–Trinajstić information content (AvgIpc) is 2.82. The maximum atomic E-state index is 12.2. The molecule has 0 saturated carbocycles. The highest BCUT2D eigenvalue weighted by molar-refractivity contribution is 9.10. The second kappa shape index (κ2) is 12.9. The number of nitrogens with one attached hydrogen (secondary N) is 1. The molecule has 0 spiro atoms. The first-order valence-corrected chi connectivity index (χ1v) is 12.5. The van der Waals surface area contributed by atoms with Gasteiger partial charge in [0.1, 0.15) is 6.61 Å². The number of aromatic nitrogens is 2. The van der Waals surface area contributed by atoms with Crippen molar-refractivity contribution in [1.29, 1.82) is 5.26 Å². The highest BCUT2D eigenvalue weighted by atomic mass is 79.9. The van der Waals surface area contributed by atoms with E-state index in [0.717, 1.165) is 17.0 Å². The highest BCUT2D eigenvalue weighted by Gasteiger charge is 2.13. The van der Waals surface area contributed by atoms with Gasteiger partial charge >= 0.3 is 0 Å². The lowest BCUT2D eigenvalue weighted by Gasteiger charge is -2.15. The fourth-order valence-corrected chi connectivity index (χ4v) is 4.39. The normalized spacial score (nSPS) is 10.7. The van der Waals surface area contributed by atoms with Crippen molar-refractivity contribution in [2.75, 3.05) is 12.4 Å². The molecule has 1 heterocycles. The lowest BCUT2D eigenvalue weighted by molar-refractivity contribution is -0.118. The largest absolute Gasteiger partial charge is 0.490 e. The zero-order valence-corrected chi connectivity index (χ0v) is 21.9. The Hall–Kier alpha value is -3.42. The summed E-state index contributed by atoms with van der Waals surface area (Å²) in [5.41, 5.74) is 6.27. The molecule has 10 heteroatoms. The van der Waals surface area contributed by atoms with Crippen molar-refractivity contribution in [2.45, 2.75) is 32.5 Å². The van der Waals surface area contributed by atoms with Gasteiger partial charge in [0.25, 0.3) is 5.91 Å². The van der Waals surface area contributed by atoms with Crippen molar-refractivity contribution >= 4 is 39.8 Å². The number of benzene rings is 2. The zero-order valence-electron chi connectivity index (χ0n) is 19.5. The SMILES string of the molecule is CCOc1cc(/C=N\NC(=O)CSc2nc(C)cc(C)n2)cc(Br)c1OCc1ccccc1C#N. The molecule has 1 N–H and O–H groups in total. The van der Waals surface area contributed by atoms with E-state index < -0.39 is 0 Å². The van der Waals surface area contributed by atoms with E-state index in [2.05, 4.69) is 42.5 Å². The molecule has 0 fully saturated rings. The van der Waals surface area contributed by atoms with E-state index in [9.17, 15) is 10.1 Å². The Morgan fingerprint density at radius 3 is 2.66 bits per heavy atom. The van der Waals surface area contributed by atoms with E-state index in [0.29, 0.717) is 38.9 Å². The summed E-state index contributed by atoms with van der Waals surface area (Å²) in [6.45, 7) is 6.31. The fourth-order valence-electron chi connectivity index (χ4n) is 3.07. The number of carbonyl (C=O) groups excluding carboxylic acids is 1. The Labute approximate surface area is 216 Å². The minimum Gasteiger partial charge on any atom is -0.490 e. The fraction of sp³-hybridized carbons (Fsp3) is 0.240. The van der Waals surface area contributed by atoms with Gasteiger partial charge in [-0.1, -0.05) is 30.0 Å². The molecule has 0 radical (unpaired) electrons. The molecule has 180 valence electrons. The van der Waals surface area contributed by atoms with Crippen LogP contribution in [0.5, 0.6) is 11.5 Å². The maximum absolute atomic E-state index is 12.2. The quantitative estimate of drug-likeness (QED) is 0.164. The van der Waals surface area contributed by atoms with Crippen molar-refractivity contribution in [3.05, 3.63) is 75.0 Å². The topological polar surface area (TPSA) is 109 Å². The molecule has 0 atom stereocenters. The summed E-state index contributed by atoms with van der Waals surface area (Å²) in [6, 6.07) is 14.9. The van der Waals surface area contributed by atoms with Crippen molar-refractivity contribution in [1.82, 2.24) is 15.4 Å². The van der Waals surface area contributed by atoms with E-state index in [1.54, 1.807) is 12.1 Å². The number of nitrogens with zero attached hydrogens (tertiary/aromatic N) is 4. The summed E-state index contributed by atoms with van der Waals surface area (Å²) in [6.07, 6.45) is 1.53. The molecule has 0 unspecified atom stereocenters. The molecule has 0 saturated heterocycles. The van der Waals surface area contributed by atoms with Gasteiger partial charge in [0.15, 0.2) is 16.7 Å². The van der Waals surface area contributed by atoms with Gasteiger partial charge in [-0.15, -0.1) is 0 Å². The van der Waals surface area contributed by atoms with Crippen molar-refractivity contribution in [3.63, 3.8) is 0 Å². The number of hydrazone groups is 1. The number of hydrogen-bond acceptors (Lipinski definition) is 8. The van der Waals surface area contributed by atoms with Crippen molar-refractivity contribution < 1.29 is 14.3 Å². The van der Waals surface area contributed by atoms with Gasteiger partial charge in [0.2, 0.25) is 0 Å². The number of amides is 1. The van der Waals surface area contributed by atoms with Crippen LogP contribution in [0, 0.1) is 25.2 Å². The van der Waals surface area contributed by atoms with Crippen LogP contribution in [0.3, 0.4) is 0 Å². The lowest BCUT2D eigenvalue weighted by Crippen LogP contribution is -2.19. The van der Waals surface area contributed by atoms with Crippen LogP contribution in [0.15, 0.2) is 57.2 Å². The number of ether oxygens (including phenoxy) is 2. The molecule has 0 bridgehead atoms. The summed E-state index contributed by atoms with van der Waals surface area (Å²) in [5.74, 6) is 0.914. The second-order valence-electron chi connectivity index (χ2n) is 7.34. The van der Waals surface area contributed by atoms with Gasteiger partial charge in [-0.3, -0.25) is 4.79 Å².